The molecule has 312 valence electrons. The van der Waals surface area contributed by atoms with Gasteiger partial charge in [0.15, 0.2) is 0 Å². The van der Waals surface area contributed by atoms with E-state index in [1.807, 2.05) is 57.2 Å². The van der Waals surface area contributed by atoms with Crippen LogP contribution in [0.2, 0.25) is 0 Å². The van der Waals surface area contributed by atoms with Crippen molar-refractivity contribution in [3.05, 3.63) is 42.5 Å². The van der Waals surface area contributed by atoms with Crippen molar-refractivity contribution in [1.82, 2.24) is 25.2 Å². The quantitative estimate of drug-likeness (QED) is 0.288. The molecule has 14 nitrogen and oxygen atoms in total. The standard InChI is InChI=1S/C41H56FN5O9S/c1-24(2)54-32-19-27-13-9-11-15-30(27)35(43-32)55-29-20-31-34(48)45-41(37(50)46-57(52,53)40(23-42)16-17-40)21-28(41)14-10-8-12-25(3)18-26(4)33(36(49)47(31)22-29)44-38(51)56-39(5,6)7/h9-11,13-15,19,24-26,28-29,31,33H,8,12,16-18,20-23H2,1-7H3,(H,44,51)(H,45,48)(H,46,50). The molecule has 16 heteroatoms. The molecular weight excluding hydrogens is 758 g/mol. The number of carbonyl (C=O) groups is 4. The molecular formula is C41H56FN5O9S. The van der Waals surface area contributed by atoms with Crippen LogP contribution >= 0.6 is 0 Å². The van der Waals surface area contributed by atoms with E-state index in [1.54, 1.807) is 26.8 Å². The van der Waals surface area contributed by atoms with Gasteiger partial charge in [0.1, 0.15) is 40.7 Å². The van der Waals surface area contributed by atoms with E-state index in [-0.39, 0.29) is 56.0 Å². The number of allylic oxidation sites excluding steroid dienone is 1. The zero-order valence-electron chi connectivity index (χ0n) is 33.8. The number of nitrogens with one attached hydrogen (secondary N) is 3. The molecule has 1 aromatic carbocycles. The molecule has 57 heavy (non-hydrogen) atoms. The molecule has 2 saturated carbocycles. The minimum Gasteiger partial charge on any atom is -0.475 e. The SMILES string of the molecule is CC1CCC=CC2CC2(C(=O)NS(=O)(=O)C2(CF)CC2)NC(=O)C2CC(Oc3nc(OC(C)C)cc4ccccc34)CN2C(=O)C(NC(=O)OC(C)(C)C)C(C)C1. The third-order valence-electron chi connectivity index (χ3n) is 11.3. The molecule has 0 spiro atoms. The summed E-state index contributed by atoms with van der Waals surface area (Å²) in [6.07, 6.45) is 4.15. The van der Waals surface area contributed by atoms with E-state index >= 15 is 0 Å². The third kappa shape index (κ3) is 9.31. The number of fused-ring (bicyclic) bond motifs is 3. The summed E-state index contributed by atoms with van der Waals surface area (Å²) in [5.74, 6) is -2.44. The number of pyridine rings is 1. The highest BCUT2D eigenvalue weighted by atomic mass is 32.2. The average Bonchev–Trinajstić information content (AvgIpc) is 4.02. The molecule has 3 fully saturated rings. The van der Waals surface area contributed by atoms with Crippen molar-refractivity contribution < 1.29 is 46.2 Å². The molecule has 1 saturated heterocycles. The lowest BCUT2D eigenvalue weighted by molar-refractivity contribution is -0.142. The van der Waals surface area contributed by atoms with Crippen molar-refractivity contribution in [2.45, 2.75) is 134 Å². The number of halogens is 1. The number of hydrogen-bond donors (Lipinski definition) is 3. The number of sulfonamides is 1. The number of alkyl halides is 1. The summed E-state index contributed by atoms with van der Waals surface area (Å²) in [5, 5.41) is 7.12. The second-order valence-corrected chi connectivity index (χ2v) is 19.7. The molecule has 0 bridgehead atoms. The van der Waals surface area contributed by atoms with E-state index in [1.165, 1.54) is 4.90 Å². The van der Waals surface area contributed by atoms with Crippen LogP contribution in [0.1, 0.15) is 93.4 Å². The van der Waals surface area contributed by atoms with Crippen LogP contribution in [-0.2, 0) is 29.1 Å². The third-order valence-corrected chi connectivity index (χ3v) is 13.4. The van der Waals surface area contributed by atoms with Crippen LogP contribution in [-0.4, -0.2) is 95.5 Å². The Bertz CT molecular complexity index is 2020. The predicted molar refractivity (Wildman–Crippen MR) is 211 cm³/mol. The van der Waals surface area contributed by atoms with Gasteiger partial charge in [-0.05, 0) is 96.4 Å². The average molecular weight is 814 g/mol. The summed E-state index contributed by atoms with van der Waals surface area (Å²) in [7, 11) is -4.39. The number of carbonyl (C=O) groups excluding carboxylic acids is 4. The Morgan fingerprint density at radius 1 is 1.12 bits per heavy atom. The predicted octanol–water partition coefficient (Wildman–Crippen LogP) is 5.10. The van der Waals surface area contributed by atoms with E-state index in [4.69, 9.17) is 14.2 Å². The molecule has 1 aromatic heterocycles. The zero-order valence-corrected chi connectivity index (χ0v) is 34.6. The Labute approximate surface area is 334 Å². The summed E-state index contributed by atoms with van der Waals surface area (Å²) in [6, 6.07) is 6.97. The largest absolute Gasteiger partial charge is 0.475 e. The monoisotopic (exact) mass is 813 g/mol. The number of hydrogen-bond acceptors (Lipinski definition) is 10. The summed E-state index contributed by atoms with van der Waals surface area (Å²) in [4.78, 5) is 62.6. The fraction of sp³-hybridized carbons (Fsp3) is 0.634. The van der Waals surface area contributed by atoms with E-state index in [2.05, 4.69) is 27.3 Å². The van der Waals surface area contributed by atoms with Gasteiger partial charge >= 0.3 is 6.09 Å². The van der Waals surface area contributed by atoms with Crippen LogP contribution in [0, 0.1) is 17.8 Å². The summed E-state index contributed by atoms with van der Waals surface area (Å²) in [6.45, 7) is 11.6. The molecule has 6 rings (SSSR count). The minimum absolute atomic E-state index is 0.0196. The minimum atomic E-state index is -4.39. The van der Waals surface area contributed by atoms with Crippen LogP contribution in [0.5, 0.6) is 11.8 Å². The van der Waals surface area contributed by atoms with Crippen LogP contribution in [0.15, 0.2) is 42.5 Å². The van der Waals surface area contributed by atoms with Gasteiger partial charge in [-0.1, -0.05) is 44.2 Å². The second-order valence-electron chi connectivity index (χ2n) is 17.6. The van der Waals surface area contributed by atoms with E-state index in [0.717, 1.165) is 11.8 Å². The smallest absolute Gasteiger partial charge is 0.408 e. The highest BCUT2D eigenvalue weighted by molar-refractivity contribution is 7.91. The lowest BCUT2D eigenvalue weighted by Gasteiger charge is -2.33. The highest BCUT2D eigenvalue weighted by Crippen LogP contribution is 2.48. The van der Waals surface area contributed by atoms with Gasteiger partial charge in [-0.2, -0.15) is 4.98 Å². The van der Waals surface area contributed by atoms with E-state index in [0.29, 0.717) is 24.1 Å². The summed E-state index contributed by atoms with van der Waals surface area (Å²) >= 11 is 0. The zero-order chi connectivity index (χ0) is 41.5. The Hall–Kier alpha value is -4.47. The molecule has 3 heterocycles. The topological polar surface area (TPSA) is 182 Å². The van der Waals surface area contributed by atoms with Crippen LogP contribution in [0.25, 0.3) is 10.8 Å². The fourth-order valence-corrected chi connectivity index (χ4v) is 9.30. The molecule has 0 radical (unpaired) electrons. The van der Waals surface area contributed by atoms with Gasteiger partial charge < -0.3 is 29.7 Å². The maximum Gasteiger partial charge on any atom is 0.408 e. The van der Waals surface area contributed by atoms with Gasteiger partial charge in [-0.25, -0.2) is 17.6 Å². The number of ether oxygens (including phenoxy) is 3. The Kier molecular flexibility index (Phi) is 11.9. The molecule has 2 aliphatic heterocycles. The molecule has 7 unspecified atom stereocenters. The number of benzene rings is 1. The summed E-state index contributed by atoms with van der Waals surface area (Å²) < 4.78 is 58.7. The maximum absolute atomic E-state index is 14.8. The normalized spacial score (nSPS) is 29.0. The first-order chi connectivity index (χ1) is 26.8. The van der Waals surface area contributed by atoms with Gasteiger partial charge in [0.05, 0.1) is 12.6 Å². The van der Waals surface area contributed by atoms with Crippen LogP contribution < -0.4 is 24.8 Å². The Morgan fingerprint density at radius 2 is 1.84 bits per heavy atom. The van der Waals surface area contributed by atoms with Crippen molar-refractivity contribution in [3.63, 3.8) is 0 Å². The molecule has 3 N–H and O–H groups in total. The Morgan fingerprint density at radius 3 is 2.51 bits per heavy atom. The van der Waals surface area contributed by atoms with Crippen molar-refractivity contribution in [2.24, 2.45) is 17.8 Å². The number of nitrogens with zero attached hydrogens (tertiary/aromatic N) is 2. The van der Waals surface area contributed by atoms with Crippen LogP contribution in [0.3, 0.4) is 0 Å². The number of amides is 4. The number of rotatable bonds is 9. The first-order valence-electron chi connectivity index (χ1n) is 19.9. The van der Waals surface area contributed by atoms with Gasteiger partial charge in [0.25, 0.3) is 5.91 Å². The fourth-order valence-electron chi connectivity index (χ4n) is 7.88. The van der Waals surface area contributed by atoms with Crippen molar-refractivity contribution in [2.75, 3.05) is 13.2 Å². The molecule has 2 aromatic rings. The van der Waals surface area contributed by atoms with Gasteiger partial charge in [-0.15, -0.1) is 0 Å². The van der Waals surface area contributed by atoms with Gasteiger partial charge in [-0.3, -0.25) is 19.1 Å². The van der Waals surface area contributed by atoms with E-state index in [9.17, 15) is 32.0 Å². The summed E-state index contributed by atoms with van der Waals surface area (Å²) in [5.41, 5.74) is -2.50. The first-order valence-corrected chi connectivity index (χ1v) is 21.4. The molecule has 7 atom stereocenters. The number of alkyl carbamates (subject to hydrolysis) is 1. The molecule has 4 amide bonds. The van der Waals surface area contributed by atoms with Crippen molar-refractivity contribution in [1.29, 1.82) is 0 Å². The first kappa shape index (κ1) is 42.1. The van der Waals surface area contributed by atoms with Crippen LogP contribution in [0.4, 0.5) is 9.18 Å². The lowest BCUT2D eigenvalue weighted by Crippen LogP contribution is -2.59. The van der Waals surface area contributed by atoms with Gasteiger partial charge in [0.2, 0.25) is 33.6 Å². The second kappa shape index (κ2) is 16.1. The van der Waals surface area contributed by atoms with E-state index < -0.39 is 80.5 Å². The molecule has 2 aliphatic carbocycles. The number of aromatic nitrogens is 1. The van der Waals surface area contributed by atoms with Crippen molar-refractivity contribution in [3.8, 4) is 11.8 Å². The highest BCUT2D eigenvalue weighted by Gasteiger charge is 2.64. The molecule has 4 aliphatic rings. The van der Waals surface area contributed by atoms with Crippen molar-refractivity contribution >= 4 is 44.6 Å². The van der Waals surface area contributed by atoms with Gasteiger partial charge in [0, 0.05) is 23.8 Å². The lowest BCUT2D eigenvalue weighted by atomic mass is 9.88. The maximum atomic E-state index is 14.8. The Balaban J connectivity index is 1.36.